The molecule has 5 heteroatoms. The van der Waals surface area contributed by atoms with Crippen molar-refractivity contribution in [2.45, 2.75) is 0 Å². The van der Waals surface area contributed by atoms with Gasteiger partial charge < -0.3 is 5.32 Å². The van der Waals surface area contributed by atoms with Crippen molar-refractivity contribution in [3.05, 3.63) is 40.6 Å². The van der Waals surface area contributed by atoms with Gasteiger partial charge in [0.1, 0.15) is 5.52 Å². The summed E-state index contributed by atoms with van der Waals surface area (Å²) in [5, 5.41) is 3.71. The highest BCUT2D eigenvalue weighted by atomic mass is 79.9. The van der Waals surface area contributed by atoms with E-state index in [1.54, 1.807) is 12.4 Å². The quantitative estimate of drug-likeness (QED) is 0.941. The average molecular weight is 299 g/mol. The van der Waals surface area contributed by atoms with Crippen LogP contribution in [0.4, 0.5) is 5.69 Å². The fourth-order valence-electron chi connectivity index (χ4n) is 1.34. The molecule has 2 heterocycles. The fraction of sp³-hybridized carbons (Fsp3) is 0.0909. The summed E-state index contributed by atoms with van der Waals surface area (Å²) in [5.41, 5.74) is 2.56. The van der Waals surface area contributed by atoms with Crippen LogP contribution in [0.25, 0.3) is 11.0 Å². The summed E-state index contributed by atoms with van der Waals surface area (Å²) >= 11 is 9.06. The number of pyridine rings is 2. The van der Waals surface area contributed by atoms with Gasteiger partial charge in [-0.3, -0.25) is 9.97 Å². The normalized spacial score (nSPS) is 10.4. The number of nitrogens with one attached hydrogen (secondary N) is 1. The van der Waals surface area contributed by atoms with Crippen LogP contribution in [0.15, 0.2) is 40.6 Å². The summed E-state index contributed by atoms with van der Waals surface area (Å²) in [7, 11) is 0. The maximum absolute atomic E-state index is 5.70. The topological polar surface area (TPSA) is 37.8 Å². The monoisotopic (exact) mass is 297 g/mol. The Morgan fingerprint density at radius 2 is 2.31 bits per heavy atom. The first-order chi connectivity index (χ1) is 7.66. The maximum atomic E-state index is 5.70. The first-order valence-corrected chi connectivity index (χ1v) is 5.81. The molecule has 0 aliphatic rings. The molecule has 2 aromatic rings. The van der Waals surface area contributed by atoms with Gasteiger partial charge in [0.15, 0.2) is 0 Å². The zero-order valence-electron chi connectivity index (χ0n) is 8.37. The van der Waals surface area contributed by atoms with Crippen molar-refractivity contribution in [3.8, 4) is 0 Å². The maximum Gasteiger partial charge on any atom is 0.112 e. The van der Waals surface area contributed by atoms with Crippen LogP contribution in [-0.2, 0) is 0 Å². The molecule has 1 N–H and O–H groups in total. The molecule has 82 valence electrons. The van der Waals surface area contributed by atoms with E-state index in [1.165, 1.54) is 0 Å². The minimum absolute atomic E-state index is 0.512. The van der Waals surface area contributed by atoms with Crippen molar-refractivity contribution in [2.24, 2.45) is 0 Å². The van der Waals surface area contributed by atoms with E-state index in [1.807, 2.05) is 12.1 Å². The first-order valence-electron chi connectivity index (χ1n) is 4.64. The van der Waals surface area contributed by atoms with E-state index in [0.29, 0.717) is 11.6 Å². The molecule has 3 nitrogen and oxygen atoms in total. The summed E-state index contributed by atoms with van der Waals surface area (Å²) in [4.78, 5) is 8.56. The second-order valence-electron chi connectivity index (χ2n) is 3.25. The molecule has 0 aromatic carbocycles. The summed E-state index contributed by atoms with van der Waals surface area (Å²) < 4.78 is 0.909. The first kappa shape index (κ1) is 11.4. The molecule has 0 saturated heterocycles. The standard InChI is InChI=1S/C11H9BrClN3/c1-7(13)5-15-9-2-3-14-10-4-8(12)6-16-11(9)10/h2-4,6H,1,5H2,(H,14,15). The van der Waals surface area contributed by atoms with Gasteiger partial charge in [0, 0.05) is 21.9 Å². The minimum atomic E-state index is 0.512. The number of halogens is 2. The van der Waals surface area contributed by atoms with Crippen molar-refractivity contribution in [3.63, 3.8) is 0 Å². The predicted molar refractivity (Wildman–Crippen MR) is 70.7 cm³/mol. The highest BCUT2D eigenvalue weighted by Crippen LogP contribution is 2.22. The molecule has 0 aliphatic heterocycles. The Kier molecular flexibility index (Phi) is 3.41. The third-order valence-electron chi connectivity index (χ3n) is 2.01. The third-order valence-corrected chi connectivity index (χ3v) is 2.58. The van der Waals surface area contributed by atoms with Gasteiger partial charge in [0.2, 0.25) is 0 Å². The lowest BCUT2D eigenvalue weighted by Crippen LogP contribution is -2.02. The van der Waals surface area contributed by atoms with Gasteiger partial charge in [-0.2, -0.15) is 0 Å². The molecule has 2 rings (SSSR count). The summed E-state index contributed by atoms with van der Waals surface area (Å²) in [6.45, 7) is 4.14. The molecule has 0 aliphatic carbocycles. The molecule has 0 unspecified atom stereocenters. The molecular formula is C11H9BrClN3. The molecule has 0 fully saturated rings. The van der Waals surface area contributed by atoms with Crippen molar-refractivity contribution < 1.29 is 0 Å². The summed E-state index contributed by atoms with van der Waals surface area (Å²) in [6, 6.07) is 3.78. The van der Waals surface area contributed by atoms with Gasteiger partial charge in [-0.15, -0.1) is 0 Å². The van der Waals surface area contributed by atoms with E-state index >= 15 is 0 Å². The molecule has 0 spiro atoms. The Labute approximate surface area is 107 Å². The van der Waals surface area contributed by atoms with Crippen LogP contribution in [0, 0.1) is 0 Å². The average Bonchev–Trinajstić information content (AvgIpc) is 2.25. The largest absolute Gasteiger partial charge is 0.378 e. The van der Waals surface area contributed by atoms with Crippen LogP contribution in [-0.4, -0.2) is 16.5 Å². The Bertz CT molecular complexity index is 542. The Morgan fingerprint density at radius 1 is 1.50 bits per heavy atom. The lowest BCUT2D eigenvalue weighted by Gasteiger charge is -2.07. The van der Waals surface area contributed by atoms with Crippen LogP contribution in [0.3, 0.4) is 0 Å². The van der Waals surface area contributed by atoms with Crippen molar-refractivity contribution in [1.29, 1.82) is 0 Å². The number of nitrogens with zero attached hydrogens (tertiary/aromatic N) is 2. The Morgan fingerprint density at radius 3 is 3.06 bits per heavy atom. The van der Waals surface area contributed by atoms with Crippen molar-refractivity contribution >= 4 is 44.3 Å². The third kappa shape index (κ3) is 2.51. The van der Waals surface area contributed by atoms with Crippen LogP contribution in [0.5, 0.6) is 0 Å². The van der Waals surface area contributed by atoms with E-state index in [9.17, 15) is 0 Å². The smallest absolute Gasteiger partial charge is 0.112 e. The lowest BCUT2D eigenvalue weighted by molar-refractivity contribution is 1.27. The van der Waals surface area contributed by atoms with E-state index in [0.717, 1.165) is 21.2 Å². The Balaban J connectivity index is 2.41. The van der Waals surface area contributed by atoms with E-state index in [2.05, 4.69) is 37.8 Å². The number of hydrogen-bond donors (Lipinski definition) is 1. The molecule has 0 atom stereocenters. The fourth-order valence-corrected chi connectivity index (χ4v) is 1.73. The lowest BCUT2D eigenvalue weighted by atomic mass is 10.3. The minimum Gasteiger partial charge on any atom is -0.378 e. The molecule has 0 bridgehead atoms. The summed E-state index contributed by atoms with van der Waals surface area (Å²) in [5.74, 6) is 0. The molecule has 16 heavy (non-hydrogen) atoms. The second-order valence-corrected chi connectivity index (χ2v) is 4.70. The van der Waals surface area contributed by atoms with Crippen LogP contribution < -0.4 is 5.32 Å². The van der Waals surface area contributed by atoms with Crippen molar-refractivity contribution in [2.75, 3.05) is 11.9 Å². The van der Waals surface area contributed by atoms with Gasteiger partial charge in [-0.1, -0.05) is 18.2 Å². The molecule has 0 saturated carbocycles. The number of rotatable bonds is 3. The van der Waals surface area contributed by atoms with Crippen LogP contribution >= 0.6 is 27.5 Å². The van der Waals surface area contributed by atoms with Gasteiger partial charge >= 0.3 is 0 Å². The van der Waals surface area contributed by atoms with E-state index < -0.39 is 0 Å². The zero-order chi connectivity index (χ0) is 11.5. The van der Waals surface area contributed by atoms with Gasteiger partial charge in [-0.05, 0) is 28.1 Å². The second kappa shape index (κ2) is 4.80. The SMILES string of the molecule is C=C(Cl)CNc1ccnc2cc(Br)cnc12. The number of anilines is 1. The van der Waals surface area contributed by atoms with Crippen LogP contribution in [0.2, 0.25) is 0 Å². The number of hydrogen-bond acceptors (Lipinski definition) is 3. The molecule has 2 aromatic heterocycles. The van der Waals surface area contributed by atoms with Gasteiger partial charge in [0.25, 0.3) is 0 Å². The van der Waals surface area contributed by atoms with Crippen LogP contribution in [0.1, 0.15) is 0 Å². The van der Waals surface area contributed by atoms with Gasteiger partial charge in [0.05, 0.1) is 17.7 Å². The van der Waals surface area contributed by atoms with Crippen molar-refractivity contribution in [1.82, 2.24) is 9.97 Å². The van der Waals surface area contributed by atoms with E-state index in [-0.39, 0.29) is 0 Å². The Hall–Kier alpha value is -1.13. The summed E-state index contributed by atoms with van der Waals surface area (Å²) in [6.07, 6.45) is 3.47. The van der Waals surface area contributed by atoms with E-state index in [4.69, 9.17) is 11.6 Å². The zero-order valence-corrected chi connectivity index (χ0v) is 10.7. The predicted octanol–water partition coefficient (Wildman–Crippen LogP) is 3.56. The van der Waals surface area contributed by atoms with Gasteiger partial charge in [-0.25, -0.2) is 0 Å². The number of aromatic nitrogens is 2. The molecule has 0 radical (unpaired) electrons. The highest BCUT2D eigenvalue weighted by molar-refractivity contribution is 9.10. The highest BCUT2D eigenvalue weighted by Gasteiger charge is 2.03. The molecular weight excluding hydrogens is 289 g/mol. The molecule has 0 amide bonds. The number of fused-ring (bicyclic) bond motifs is 1.